The number of rotatable bonds is 4. The molecule has 0 radical (unpaired) electrons. The van der Waals surface area contributed by atoms with E-state index in [2.05, 4.69) is 15.3 Å². The van der Waals surface area contributed by atoms with Gasteiger partial charge in [0.05, 0.1) is 21.2 Å². The summed E-state index contributed by atoms with van der Waals surface area (Å²) in [7, 11) is -3.54. The molecular weight excluding hydrogens is 380 g/mol. The van der Waals surface area contributed by atoms with Crippen molar-refractivity contribution in [1.29, 1.82) is 0 Å². The Morgan fingerprint density at radius 2 is 1.92 bits per heavy atom. The summed E-state index contributed by atoms with van der Waals surface area (Å²) in [6.07, 6.45) is 0.100. The molecule has 3 rings (SSSR count). The Hall–Kier alpha value is -2.65. The number of carboxylic acid groups (broad SMARTS) is 1. The number of nitrogens with one attached hydrogen (secondary N) is 1. The Balaban J connectivity index is 2.16. The van der Waals surface area contributed by atoms with Gasteiger partial charge in [-0.3, -0.25) is 0 Å². The van der Waals surface area contributed by atoms with Crippen molar-refractivity contribution < 1.29 is 18.3 Å². The van der Waals surface area contributed by atoms with Gasteiger partial charge in [-0.1, -0.05) is 12.1 Å². The van der Waals surface area contributed by atoms with E-state index in [1.54, 1.807) is 32.0 Å². The fourth-order valence-corrected chi connectivity index (χ4v) is 3.80. The normalized spacial score (nSPS) is 11.8. The summed E-state index contributed by atoms with van der Waals surface area (Å²) in [5, 5.41) is 11.8. The zero-order chi connectivity index (χ0) is 19.1. The summed E-state index contributed by atoms with van der Waals surface area (Å²) < 4.78 is 26.1. The van der Waals surface area contributed by atoms with Crippen LogP contribution in [0.5, 0.6) is 0 Å². The van der Waals surface area contributed by atoms with E-state index in [4.69, 9.17) is 11.6 Å². The molecule has 2 aromatic heterocycles. The van der Waals surface area contributed by atoms with Gasteiger partial charge in [0.2, 0.25) is 5.28 Å². The van der Waals surface area contributed by atoms with Gasteiger partial charge in [-0.2, -0.15) is 9.97 Å². The first-order valence-corrected chi connectivity index (χ1v) is 9.52. The molecule has 0 aliphatic heterocycles. The van der Waals surface area contributed by atoms with Crippen LogP contribution in [0.25, 0.3) is 11.0 Å². The van der Waals surface area contributed by atoms with Gasteiger partial charge in [0.15, 0.2) is 15.5 Å². The highest BCUT2D eigenvalue weighted by molar-refractivity contribution is 7.92. The van der Waals surface area contributed by atoms with Crippen molar-refractivity contribution in [3.8, 4) is 0 Å². The van der Waals surface area contributed by atoms with E-state index in [0.717, 1.165) is 4.57 Å². The molecule has 0 aliphatic carbocycles. The van der Waals surface area contributed by atoms with Gasteiger partial charge < -0.3 is 10.4 Å². The molecular formula is C16H15ClN4O4S. The van der Waals surface area contributed by atoms with E-state index in [1.807, 2.05) is 0 Å². The summed E-state index contributed by atoms with van der Waals surface area (Å²) in [4.78, 5) is 19.4. The van der Waals surface area contributed by atoms with Gasteiger partial charge in [0.25, 0.3) is 0 Å². The Morgan fingerprint density at radius 1 is 1.23 bits per heavy atom. The molecule has 2 N–H and O–H groups in total. The SMILES string of the molecule is CC(C)S(=O)(=O)c1ccccc1Nc1nc(Cl)nc2c1ccn2C(=O)O. The maximum Gasteiger partial charge on any atom is 0.417 e. The first-order chi connectivity index (χ1) is 12.2. The molecule has 1 aromatic carbocycles. The predicted molar refractivity (Wildman–Crippen MR) is 98.0 cm³/mol. The van der Waals surface area contributed by atoms with Gasteiger partial charge in [-0.25, -0.2) is 17.8 Å². The fraction of sp³-hybridized carbons (Fsp3) is 0.188. The minimum Gasteiger partial charge on any atom is -0.464 e. The number of halogens is 1. The molecule has 0 spiro atoms. The molecule has 8 nitrogen and oxygen atoms in total. The number of carbonyl (C=O) groups is 1. The molecule has 0 atom stereocenters. The van der Waals surface area contributed by atoms with Crippen molar-refractivity contribution in [3.05, 3.63) is 41.8 Å². The smallest absolute Gasteiger partial charge is 0.417 e. The molecule has 0 fully saturated rings. The highest BCUT2D eigenvalue weighted by Crippen LogP contribution is 2.30. The maximum atomic E-state index is 12.6. The van der Waals surface area contributed by atoms with Gasteiger partial charge in [0, 0.05) is 6.20 Å². The summed E-state index contributed by atoms with van der Waals surface area (Å²) in [5.41, 5.74) is 0.421. The van der Waals surface area contributed by atoms with Crippen molar-refractivity contribution >= 4 is 50.1 Å². The number of nitrogens with zero attached hydrogens (tertiary/aromatic N) is 3. The fourth-order valence-electron chi connectivity index (χ4n) is 2.44. The third-order valence-electron chi connectivity index (χ3n) is 3.79. The Bertz CT molecular complexity index is 1110. The first-order valence-electron chi connectivity index (χ1n) is 7.59. The highest BCUT2D eigenvalue weighted by Gasteiger charge is 2.23. The quantitative estimate of drug-likeness (QED) is 0.650. The van der Waals surface area contributed by atoms with Crippen LogP contribution in [0.1, 0.15) is 13.8 Å². The van der Waals surface area contributed by atoms with Crippen LogP contribution in [0, 0.1) is 0 Å². The van der Waals surface area contributed by atoms with Gasteiger partial charge in [-0.05, 0) is 43.6 Å². The van der Waals surface area contributed by atoms with Crippen molar-refractivity contribution in [2.75, 3.05) is 5.32 Å². The van der Waals surface area contributed by atoms with E-state index in [1.165, 1.54) is 18.3 Å². The van der Waals surface area contributed by atoms with E-state index in [0.29, 0.717) is 11.1 Å². The number of aromatic nitrogens is 3. The summed E-state index contributed by atoms with van der Waals surface area (Å²) in [6, 6.07) is 7.93. The molecule has 2 heterocycles. The monoisotopic (exact) mass is 394 g/mol. The molecule has 0 aliphatic rings. The van der Waals surface area contributed by atoms with E-state index < -0.39 is 21.2 Å². The van der Waals surface area contributed by atoms with Crippen molar-refractivity contribution in [3.63, 3.8) is 0 Å². The molecule has 26 heavy (non-hydrogen) atoms. The molecule has 136 valence electrons. The molecule has 3 aromatic rings. The lowest BCUT2D eigenvalue weighted by atomic mass is 10.3. The van der Waals surface area contributed by atoms with E-state index >= 15 is 0 Å². The summed E-state index contributed by atoms with van der Waals surface area (Å²) in [5.74, 6) is 0.214. The average molecular weight is 395 g/mol. The number of anilines is 2. The van der Waals surface area contributed by atoms with Crippen molar-refractivity contribution in [1.82, 2.24) is 14.5 Å². The number of hydrogen-bond acceptors (Lipinski definition) is 6. The number of hydrogen-bond donors (Lipinski definition) is 2. The van der Waals surface area contributed by atoms with Crippen LogP contribution >= 0.6 is 11.6 Å². The zero-order valence-electron chi connectivity index (χ0n) is 13.8. The Kier molecular flexibility index (Phi) is 4.59. The lowest BCUT2D eigenvalue weighted by Crippen LogP contribution is -2.15. The highest BCUT2D eigenvalue weighted by atomic mass is 35.5. The molecule has 0 saturated heterocycles. The van der Waals surface area contributed by atoms with Crippen molar-refractivity contribution in [2.45, 2.75) is 24.0 Å². The zero-order valence-corrected chi connectivity index (χ0v) is 15.4. The Morgan fingerprint density at radius 3 is 2.58 bits per heavy atom. The number of sulfone groups is 1. The minimum atomic E-state index is -3.54. The van der Waals surface area contributed by atoms with Crippen LogP contribution in [0.2, 0.25) is 5.28 Å². The second-order valence-corrected chi connectivity index (χ2v) is 8.57. The second kappa shape index (κ2) is 6.58. The molecule has 0 bridgehead atoms. The lowest BCUT2D eigenvalue weighted by molar-refractivity contribution is 0.197. The molecule has 0 amide bonds. The number of fused-ring (bicyclic) bond motifs is 1. The standard InChI is InChI=1S/C16H15ClN4O4S/c1-9(2)26(24,25)12-6-4-3-5-11(12)18-13-10-7-8-21(16(22)23)14(10)20-15(17)19-13/h3-9H,1-2H3,(H,22,23)(H,18,19,20). The second-order valence-electron chi connectivity index (χ2n) is 5.76. The topological polar surface area (TPSA) is 114 Å². The van der Waals surface area contributed by atoms with Gasteiger partial charge in [-0.15, -0.1) is 0 Å². The summed E-state index contributed by atoms with van der Waals surface area (Å²) in [6.45, 7) is 3.19. The van der Waals surface area contributed by atoms with Crippen LogP contribution in [-0.4, -0.2) is 39.4 Å². The van der Waals surface area contributed by atoms with Gasteiger partial charge in [0.1, 0.15) is 5.82 Å². The third-order valence-corrected chi connectivity index (χ3v) is 6.17. The van der Waals surface area contributed by atoms with E-state index in [9.17, 15) is 18.3 Å². The molecule has 10 heteroatoms. The number of benzene rings is 1. The average Bonchev–Trinajstić information content (AvgIpc) is 2.99. The molecule has 0 unspecified atom stereocenters. The predicted octanol–water partition coefficient (Wildman–Crippen LogP) is 3.54. The maximum absolute atomic E-state index is 12.6. The minimum absolute atomic E-state index is 0.101. The van der Waals surface area contributed by atoms with Crippen LogP contribution in [0.3, 0.4) is 0 Å². The van der Waals surface area contributed by atoms with Gasteiger partial charge >= 0.3 is 6.09 Å². The van der Waals surface area contributed by atoms with Crippen molar-refractivity contribution in [2.24, 2.45) is 0 Å². The van der Waals surface area contributed by atoms with Crippen LogP contribution < -0.4 is 5.32 Å². The lowest BCUT2D eigenvalue weighted by Gasteiger charge is -2.14. The van der Waals surface area contributed by atoms with Crippen LogP contribution in [0.4, 0.5) is 16.3 Å². The van der Waals surface area contributed by atoms with Crippen LogP contribution in [0.15, 0.2) is 41.4 Å². The number of para-hydroxylation sites is 1. The Labute approximate surface area is 154 Å². The first kappa shape index (κ1) is 18.2. The van der Waals surface area contributed by atoms with Crippen LogP contribution in [-0.2, 0) is 9.84 Å². The third kappa shape index (κ3) is 3.11. The molecule has 0 saturated carbocycles. The van der Waals surface area contributed by atoms with E-state index in [-0.39, 0.29) is 21.6 Å². The summed E-state index contributed by atoms with van der Waals surface area (Å²) >= 11 is 5.92. The largest absolute Gasteiger partial charge is 0.464 e.